The van der Waals surface area contributed by atoms with Crippen LogP contribution in [0.25, 0.3) is 0 Å². The zero-order chi connectivity index (χ0) is 13.0. The van der Waals surface area contributed by atoms with Gasteiger partial charge in [0.2, 0.25) is 0 Å². The molecule has 1 aliphatic rings. The molecule has 0 bridgehead atoms. The first-order valence-electron chi connectivity index (χ1n) is 6.67. The third-order valence-electron chi connectivity index (χ3n) is 3.94. The van der Waals surface area contributed by atoms with Gasteiger partial charge in [0.25, 0.3) is 0 Å². The van der Waals surface area contributed by atoms with Crippen molar-refractivity contribution in [1.29, 1.82) is 0 Å². The van der Waals surface area contributed by atoms with Crippen LogP contribution < -0.4 is 5.32 Å². The molecule has 1 fully saturated rings. The zero-order valence-corrected chi connectivity index (χ0v) is 11.3. The average molecular weight is 242 g/mol. The molecule has 2 rings (SSSR count). The van der Waals surface area contributed by atoms with E-state index < -0.39 is 0 Å². The van der Waals surface area contributed by atoms with E-state index >= 15 is 0 Å². The number of nitrogens with one attached hydrogen (secondary N) is 1. The molecule has 1 heterocycles. The quantitative estimate of drug-likeness (QED) is 0.818. The first-order chi connectivity index (χ1) is 8.69. The first kappa shape index (κ1) is 13.1. The van der Waals surface area contributed by atoms with Gasteiger partial charge in [-0.25, -0.2) is 0 Å². The summed E-state index contributed by atoms with van der Waals surface area (Å²) >= 11 is 0. The molecule has 2 heteroatoms. The van der Waals surface area contributed by atoms with Gasteiger partial charge < -0.3 is 5.32 Å². The fourth-order valence-electron chi connectivity index (χ4n) is 2.77. The van der Waals surface area contributed by atoms with Gasteiger partial charge in [0.15, 0.2) is 0 Å². The highest BCUT2D eigenvalue weighted by Crippen LogP contribution is 2.26. The molecule has 1 aromatic rings. The Hall–Kier alpha value is -1.30. The van der Waals surface area contributed by atoms with E-state index in [2.05, 4.69) is 60.3 Å². The number of hydrogen-bond acceptors (Lipinski definition) is 2. The van der Waals surface area contributed by atoms with Crippen LogP contribution in [0.2, 0.25) is 0 Å². The lowest BCUT2D eigenvalue weighted by atomic mass is 9.88. The minimum absolute atomic E-state index is 0.00375. The molecule has 1 aromatic carbocycles. The normalized spacial score (nSPS) is 28.8. The van der Waals surface area contributed by atoms with Crippen LogP contribution in [-0.4, -0.2) is 30.6 Å². The molecule has 0 spiro atoms. The highest BCUT2D eigenvalue weighted by molar-refractivity contribution is 5.25. The molecule has 2 atom stereocenters. The van der Waals surface area contributed by atoms with Gasteiger partial charge in [-0.2, -0.15) is 0 Å². The van der Waals surface area contributed by atoms with Gasteiger partial charge in [0.1, 0.15) is 0 Å². The van der Waals surface area contributed by atoms with Gasteiger partial charge in [0.05, 0.1) is 12.1 Å². The molecule has 18 heavy (non-hydrogen) atoms. The van der Waals surface area contributed by atoms with E-state index in [9.17, 15) is 0 Å². The number of benzene rings is 1. The zero-order valence-electron chi connectivity index (χ0n) is 11.3. The molecular weight excluding hydrogens is 220 g/mol. The van der Waals surface area contributed by atoms with Gasteiger partial charge in [-0.05, 0) is 18.9 Å². The summed E-state index contributed by atoms with van der Waals surface area (Å²) in [5.41, 5.74) is 1.34. The summed E-state index contributed by atoms with van der Waals surface area (Å²) in [5.74, 6) is 2.79. The molecule has 1 saturated heterocycles. The Bertz CT molecular complexity index is 420. The Morgan fingerprint density at radius 3 is 2.78 bits per heavy atom. The van der Waals surface area contributed by atoms with Crippen LogP contribution in [0, 0.1) is 12.3 Å². The van der Waals surface area contributed by atoms with Gasteiger partial charge in [-0.1, -0.05) is 43.2 Å². The molecule has 96 valence electrons. The van der Waals surface area contributed by atoms with Crippen LogP contribution in [0.5, 0.6) is 0 Å². The molecule has 0 radical (unpaired) electrons. The molecule has 2 nitrogen and oxygen atoms in total. The van der Waals surface area contributed by atoms with Gasteiger partial charge >= 0.3 is 0 Å². The fraction of sp³-hybridized carbons (Fsp3) is 0.500. The van der Waals surface area contributed by atoms with Crippen molar-refractivity contribution in [2.75, 3.05) is 19.6 Å². The van der Waals surface area contributed by atoms with Crippen LogP contribution in [0.1, 0.15) is 25.8 Å². The van der Waals surface area contributed by atoms with Gasteiger partial charge in [-0.3, -0.25) is 4.90 Å². The van der Waals surface area contributed by atoms with E-state index in [4.69, 9.17) is 6.42 Å². The number of hydrogen-bond donors (Lipinski definition) is 1. The van der Waals surface area contributed by atoms with Crippen molar-refractivity contribution in [3.05, 3.63) is 35.9 Å². The van der Waals surface area contributed by atoms with Crippen molar-refractivity contribution in [1.82, 2.24) is 10.2 Å². The summed E-state index contributed by atoms with van der Waals surface area (Å²) in [6, 6.07) is 11.2. The van der Waals surface area contributed by atoms with Crippen molar-refractivity contribution in [2.24, 2.45) is 0 Å². The smallest absolute Gasteiger partial charge is 0.0602 e. The Kier molecular flexibility index (Phi) is 4.06. The number of nitrogens with zero attached hydrogens (tertiary/aromatic N) is 1. The minimum atomic E-state index is 0.00375. The Balaban J connectivity index is 2.19. The topological polar surface area (TPSA) is 15.3 Å². The van der Waals surface area contributed by atoms with E-state index in [0.29, 0.717) is 6.04 Å². The van der Waals surface area contributed by atoms with Crippen molar-refractivity contribution in [3.8, 4) is 12.3 Å². The second-order valence-electron chi connectivity index (χ2n) is 5.25. The molecule has 0 saturated carbocycles. The molecule has 2 unspecified atom stereocenters. The molecule has 1 aliphatic heterocycles. The largest absolute Gasteiger partial charge is 0.305 e. The molecule has 0 aliphatic carbocycles. The van der Waals surface area contributed by atoms with E-state index in [-0.39, 0.29) is 5.54 Å². The SMILES string of the molecule is C#CCN1CC(C)(c2ccccc2)NCC1CC. The minimum Gasteiger partial charge on any atom is -0.305 e. The third kappa shape index (κ3) is 2.58. The lowest BCUT2D eigenvalue weighted by Crippen LogP contribution is -2.60. The van der Waals surface area contributed by atoms with Gasteiger partial charge in [0, 0.05) is 19.1 Å². The average Bonchev–Trinajstić information content (AvgIpc) is 2.41. The van der Waals surface area contributed by atoms with Crippen LogP contribution in [0.4, 0.5) is 0 Å². The van der Waals surface area contributed by atoms with Crippen molar-refractivity contribution < 1.29 is 0 Å². The van der Waals surface area contributed by atoms with E-state index in [1.54, 1.807) is 0 Å². The standard InChI is InChI=1S/C16H22N2/c1-4-11-18-13-16(3,17-12-15(18)5-2)14-9-7-6-8-10-14/h1,6-10,15,17H,5,11-13H2,2-3H3. The number of piperazine rings is 1. The number of rotatable bonds is 3. The van der Waals surface area contributed by atoms with Crippen LogP contribution in [0.15, 0.2) is 30.3 Å². The van der Waals surface area contributed by atoms with Crippen molar-refractivity contribution in [2.45, 2.75) is 31.8 Å². The summed E-state index contributed by atoms with van der Waals surface area (Å²) in [6.07, 6.45) is 6.63. The second kappa shape index (κ2) is 5.56. The summed E-state index contributed by atoms with van der Waals surface area (Å²) < 4.78 is 0. The Morgan fingerprint density at radius 2 is 2.17 bits per heavy atom. The van der Waals surface area contributed by atoms with E-state index in [1.807, 2.05) is 0 Å². The van der Waals surface area contributed by atoms with Crippen LogP contribution in [-0.2, 0) is 5.54 Å². The highest BCUT2D eigenvalue weighted by atomic mass is 15.2. The fourth-order valence-corrected chi connectivity index (χ4v) is 2.77. The van der Waals surface area contributed by atoms with Crippen LogP contribution >= 0.6 is 0 Å². The molecule has 0 aromatic heterocycles. The predicted molar refractivity (Wildman–Crippen MR) is 76.3 cm³/mol. The maximum atomic E-state index is 5.49. The molecule has 0 amide bonds. The van der Waals surface area contributed by atoms with Gasteiger partial charge in [-0.15, -0.1) is 6.42 Å². The highest BCUT2D eigenvalue weighted by Gasteiger charge is 2.35. The predicted octanol–water partition coefficient (Wildman–Crippen LogP) is 2.22. The summed E-state index contributed by atoms with van der Waals surface area (Å²) in [4.78, 5) is 2.42. The monoisotopic (exact) mass is 242 g/mol. The summed E-state index contributed by atoms with van der Waals surface area (Å²) in [6.45, 7) is 7.20. The molecular formula is C16H22N2. The maximum Gasteiger partial charge on any atom is 0.0602 e. The number of terminal acetylenes is 1. The van der Waals surface area contributed by atoms with Crippen molar-refractivity contribution in [3.63, 3.8) is 0 Å². The first-order valence-corrected chi connectivity index (χ1v) is 6.67. The third-order valence-corrected chi connectivity index (χ3v) is 3.94. The van der Waals surface area contributed by atoms with Crippen LogP contribution in [0.3, 0.4) is 0 Å². The summed E-state index contributed by atoms with van der Waals surface area (Å²) in [5, 5.41) is 3.69. The lowest BCUT2D eigenvalue weighted by molar-refractivity contribution is 0.0967. The second-order valence-corrected chi connectivity index (χ2v) is 5.25. The van der Waals surface area contributed by atoms with Crippen molar-refractivity contribution >= 4 is 0 Å². The van der Waals surface area contributed by atoms with E-state index in [0.717, 1.165) is 26.1 Å². The Morgan fingerprint density at radius 1 is 1.44 bits per heavy atom. The van der Waals surface area contributed by atoms with E-state index in [1.165, 1.54) is 5.56 Å². The Labute approximate surface area is 110 Å². The lowest BCUT2D eigenvalue weighted by Gasteiger charge is -2.45. The molecule has 1 N–H and O–H groups in total. The summed E-state index contributed by atoms with van der Waals surface area (Å²) in [7, 11) is 0. The maximum absolute atomic E-state index is 5.49.